The van der Waals surface area contributed by atoms with Crippen molar-refractivity contribution in [1.29, 1.82) is 0 Å². The van der Waals surface area contributed by atoms with E-state index in [1.807, 2.05) is 0 Å². The Bertz CT molecular complexity index is 511. The second-order valence-electron chi connectivity index (χ2n) is 4.20. The van der Waals surface area contributed by atoms with Crippen molar-refractivity contribution in [2.75, 3.05) is 6.61 Å². The number of esters is 1. The van der Waals surface area contributed by atoms with Gasteiger partial charge in [-0.1, -0.05) is 18.2 Å². The minimum atomic E-state index is -1.67. The van der Waals surface area contributed by atoms with Gasteiger partial charge in [0.25, 0.3) is 0 Å². The van der Waals surface area contributed by atoms with Crippen LogP contribution in [0.25, 0.3) is 0 Å². The van der Waals surface area contributed by atoms with Crippen molar-refractivity contribution < 1.29 is 34.7 Å². The summed E-state index contributed by atoms with van der Waals surface area (Å²) in [7, 11) is 0. The molecule has 1 heterocycles. The highest BCUT2D eigenvalue weighted by Crippen LogP contribution is 2.25. The van der Waals surface area contributed by atoms with E-state index < -0.39 is 42.6 Å². The van der Waals surface area contributed by atoms with Gasteiger partial charge in [-0.25, -0.2) is 4.79 Å². The van der Waals surface area contributed by atoms with Crippen molar-refractivity contribution in [3.8, 4) is 0 Å². The van der Waals surface area contributed by atoms with Gasteiger partial charge in [0, 0.05) is 0 Å². The van der Waals surface area contributed by atoms with Gasteiger partial charge in [-0.3, -0.25) is 0 Å². The van der Waals surface area contributed by atoms with E-state index in [0.717, 1.165) is 0 Å². The van der Waals surface area contributed by atoms with Crippen molar-refractivity contribution in [2.45, 2.75) is 18.3 Å². The number of aliphatic hydroxyl groups excluding tert-OH is 4. The molecule has 20 heavy (non-hydrogen) atoms. The topological polar surface area (TPSA) is 116 Å². The Labute approximate surface area is 114 Å². The van der Waals surface area contributed by atoms with Crippen LogP contribution in [0.5, 0.6) is 0 Å². The summed E-state index contributed by atoms with van der Waals surface area (Å²) in [5, 5.41) is 37.9. The highest BCUT2D eigenvalue weighted by atomic mass is 16.6. The Morgan fingerprint density at radius 2 is 1.90 bits per heavy atom. The summed E-state index contributed by atoms with van der Waals surface area (Å²) >= 11 is 0. The molecule has 0 bridgehead atoms. The normalized spacial score (nSPS) is 26.1. The smallest absolute Gasteiger partial charge is 0.343 e. The fourth-order valence-electron chi connectivity index (χ4n) is 1.74. The summed E-state index contributed by atoms with van der Waals surface area (Å²) in [5.74, 6) is -2.24. The second-order valence-corrected chi connectivity index (χ2v) is 4.20. The Balaban J connectivity index is 2.18. The third-order valence-electron chi connectivity index (χ3n) is 2.84. The number of benzene rings is 1. The van der Waals surface area contributed by atoms with Crippen LogP contribution in [0, 0.1) is 0 Å². The predicted molar refractivity (Wildman–Crippen MR) is 65.5 cm³/mol. The van der Waals surface area contributed by atoms with E-state index in [4.69, 9.17) is 14.6 Å². The van der Waals surface area contributed by atoms with Crippen LogP contribution in [-0.4, -0.2) is 51.3 Å². The number of rotatable bonds is 3. The third kappa shape index (κ3) is 2.74. The molecule has 1 aromatic rings. The van der Waals surface area contributed by atoms with Gasteiger partial charge >= 0.3 is 11.9 Å². The molecular formula is C13H14O7. The van der Waals surface area contributed by atoms with Gasteiger partial charge in [0.15, 0.2) is 6.10 Å². The minimum Gasteiger partial charge on any atom is -0.478 e. The zero-order chi connectivity index (χ0) is 14.7. The van der Waals surface area contributed by atoms with Gasteiger partial charge in [-0.15, -0.1) is 0 Å². The van der Waals surface area contributed by atoms with E-state index >= 15 is 0 Å². The zero-order valence-electron chi connectivity index (χ0n) is 10.3. The van der Waals surface area contributed by atoms with Crippen LogP contribution in [0.2, 0.25) is 0 Å². The molecule has 7 heteroatoms. The SMILES string of the molecule is O=C(OC1=C(O)OC(CO)C(O)C1O)c1ccccc1. The standard InChI is InChI=1S/C13H14O7/c14-6-8-9(15)10(16)11(13(18)19-8)20-12(17)7-4-2-1-3-5-7/h1-5,8-10,14-16,18H,6H2. The average molecular weight is 282 g/mol. The Hall–Kier alpha value is -2.09. The molecule has 2 rings (SSSR count). The molecule has 1 aliphatic rings. The van der Waals surface area contributed by atoms with Gasteiger partial charge in [0.05, 0.1) is 12.2 Å². The molecule has 3 unspecified atom stereocenters. The van der Waals surface area contributed by atoms with E-state index in [9.17, 15) is 20.1 Å². The molecule has 1 aromatic carbocycles. The molecule has 0 radical (unpaired) electrons. The van der Waals surface area contributed by atoms with E-state index in [-0.39, 0.29) is 5.56 Å². The van der Waals surface area contributed by atoms with Crippen LogP contribution in [0.1, 0.15) is 10.4 Å². The van der Waals surface area contributed by atoms with Gasteiger partial charge in [0.2, 0.25) is 5.76 Å². The van der Waals surface area contributed by atoms with E-state index in [1.165, 1.54) is 12.1 Å². The molecule has 0 aliphatic carbocycles. The molecule has 0 fully saturated rings. The number of carbonyl (C=O) groups is 1. The first-order valence-electron chi connectivity index (χ1n) is 5.88. The molecule has 7 nitrogen and oxygen atoms in total. The summed E-state index contributed by atoms with van der Waals surface area (Å²) in [6.45, 7) is -0.609. The van der Waals surface area contributed by atoms with E-state index in [0.29, 0.717) is 0 Å². The Morgan fingerprint density at radius 1 is 1.25 bits per heavy atom. The predicted octanol–water partition coefficient (Wildman–Crippen LogP) is -0.317. The van der Waals surface area contributed by atoms with Crippen molar-refractivity contribution in [3.05, 3.63) is 47.6 Å². The molecular weight excluding hydrogens is 268 g/mol. The maximum absolute atomic E-state index is 11.8. The lowest BCUT2D eigenvalue weighted by Crippen LogP contribution is -2.47. The fraction of sp³-hybridized carbons (Fsp3) is 0.308. The summed E-state index contributed by atoms with van der Waals surface area (Å²) in [6.07, 6.45) is -4.38. The summed E-state index contributed by atoms with van der Waals surface area (Å²) in [5.41, 5.74) is 0.207. The first kappa shape index (κ1) is 14.3. The number of ether oxygens (including phenoxy) is 2. The summed E-state index contributed by atoms with van der Waals surface area (Å²) in [4.78, 5) is 11.8. The molecule has 0 saturated heterocycles. The molecule has 4 N–H and O–H groups in total. The minimum absolute atomic E-state index is 0.207. The molecule has 0 saturated carbocycles. The quantitative estimate of drug-likeness (QED) is 0.561. The van der Waals surface area contributed by atoms with Crippen molar-refractivity contribution in [3.63, 3.8) is 0 Å². The van der Waals surface area contributed by atoms with Crippen molar-refractivity contribution in [1.82, 2.24) is 0 Å². The highest BCUT2D eigenvalue weighted by Gasteiger charge is 2.40. The van der Waals surface area contributed by atoms with Gasteiger partial charge in [-0.2, -0.15) is 0 Å². The zero-order valence-corrected chi connectivity index (χ0v) is 10.3. The van der Waals surface area contributed by atoms with Crippen molar-refractivity contribution >= 4 is 5.97 Å². The average Bonchev–Trinajstić information content (AvgIpc) is 2.48. The lowest BCUT2D eigenvalue weighted by Gasteiger charge is -2.31. The van der Waals surface area contributed by atoms with Crippen LogP contribution >= 0.6 is 0 Å². The highest BCUT2D eigenvalue weighted by molar-refractivity contribution is 5.90. The largest absolute Gasteiger partial charge is 0.478 e. The maximum atomic E-state index is 11.8. The Kier molecular flexibility index (Phi) is 4.23. The lowest BCUT2D eigenvalue weighted by molar-refractivity contribution is -0.138. The molecule has 0 amide bonds. The second kappa shape index (κ2) is 5.91. The Morgan fingerprint density at radius 3 is 2.50 bits per heavy atom. The van der Waals surface area contributed by atoms with Crippen LogP contribution in [0.4, 0.5) is 0 Å². The molecule has 3 atom stereocenters. The van der Waals surface area contributed by atoms with Crippen LogP contribution in [-0.2, 0) is 9.47 Å². The maximum Gasteiger partial charge on any atom is 0.343 e. The number of carbonyl (C=O) groups excluding carboxylic acids is 1. The van der Waals surface area contributed by atoms with Crippen LogP contribution < -0.4 is 0 Å². The van der Waals surface area contributed by atoms with Gasteiger partial charge in [0.1, 0.15) is 12.2 Å². The first-order chi connectivity index (χ1) is 9.54. The van der Waals surface area contributed by atoms with E-state index in [2.05, 4.69) is 0 Å². The fourth-order valence-corrected chi connectivity index (χ4v) is 1.74. The van der Waals surface area contributed by atoms with Crippen LogP contribution in [0.3, 0.4) is 0 Å². The lowest BCUT2D eigenvalue weighted by atomic mass is 10.0. The number of hydrogen-bond acceptors (Lipinski definition) is 7. The molecule has 0 aromatic heterocycles. The van der Waals surface area contributed by atoms with E-state index in [1.54, 1.807) is 18.2 Å². The van der Waals surface area contributed by atoms with Gasteiger partial charge in [-0.05, 0) is 12.1 Å². The molecule has 1 aliphatic heterocycles. The third-order valence-corrected chi connectivity index (χ3v) is 2.84. The monoisotopic (exact) mass is 282 g/mol. The number of aliphatic hydroxyl groups is 4. The molecule has 108 valence electrons. The first-order valence-corrected chi connectivity index (χ1v) is 5.88. The molecule has 0 spiro atoms. The van der Waals surface area contributed by atoms with Crippen LogP contribution in [0.15, 0.2) is 42.0 Å². The van der Waals surface area contributed by atoms with Crippen molar-refractivity contribution in [2.24, 2.45) is 0 Å². The summed E-state index contributed by atoms with van der Waals surface area (Å²) < 4.78 is 9.60. The summed E-state index contributed by atoms with van der Waals surface area (Å²) in [6, 6.07) is 7.93. The number of hydrogen-bond donors (Lipinski definition) is 4. The van der Waals surface area contributed by atoms with Gasteiger partial charge < -0.3 is 29.9 Å².